The third-order valence-corrected chi connectivity index (χ3v) is 12.4. The fourth-order valence-corrected chi connectivity index (χ4v) is 9.38. The summed E-state index contributed by atoms with van der Waals surface area (Å²) < 4.78 is 6.22. The molecule has 62 heavy (non-hydrogen) atoms. The minimum absolute atomic E-state index is 0.894. The van der Waals surface area contributed by atoms with Crippen molar-refractivity contribution in [1.82, 2.24) is 0 Å². The van der Waals surface area contributed by atoms with Gasteiger partial charge in [0.05, 0.1) is 5.69 Å². The van der Waals surface area contributed by atoms with E-state index in [0.29, 0.717) is 0 Å². The fraction of sp³-hybridized carbons (Fsp3) is 0. The van der Waals surface area contributed by atoms with E-state index in [0.717, 1.165) is 66.8 Å². The lowest BCUT2D eigenvalue weighted by atomic mass is 9.93. The van der Waals surface area contributed by atoms with Crippen LogP contribution in [-0.2, 0) is 0 Å². The van der Waals surface area contributed by atoms with Crippen LogP contribution in [0.5, 0.6) is 0 Å². The fourth-order valence-electron chi connectivity index (χ4n) is 9.38. The highest BCUT2D eigenvalue weighted by Gasteiger charge is 2.20. The Labute approximate surface area is 360 Å². The molecule has 2 heteroatoms. The minimum atomic E-state index is 0.894. The molecule has 0 N–H and O–H groups in total. The lowest BCUT2D eigenvalue weighted by Crippen LogP contribution is -2.11. The van der Waals surface area contributed by atoms with E-state index in [9.17, 15) is 0 Å². The van der Waals surface area contributed by atoms with Gasteiger partial charge in [0.1, 0.15) is 11.2 Å². The monoisotopic (exact) mass is 789 g/mol. The van der Waals surface area contributed by atoms with Gasteiger partial charge in [0.2, 0.25) is 0 Å². The number of rotatable bonds is 7. The first-order chi connectivity index (χ1) is 30.7. The normalized spacial score (nSPS) is 11.5. The van der Waals surface area contributed by atoms with Gasteiger partial charge in [0.15, 0.2) is 0 Å². The zero-order valence-electron chi connectivity index (χ0n) is 33.9. The standard InChI is InChI=1S/C60H39NO/c1-2-12-42(13-3-1)55-34-29-48(53-22-11-16-41-14-4-6-19-51(41)53)39-58(55)61(50-18-10-17-44(37-50)46-30-35-60-57(38-46)56-21-8-9-23-59(56)62-60)49-31-26-40(27-32-49)45-28-33-54-47(36-45)25-24-43-15-5-7-20-52(43)54/h1-39H. The smallest absolute Gasteiger partial charge is 0.135 e. The van der Waals surface area contributed by atoms with Crippen LogP contribution in [-0.4, -0.2) is 0 Å². The Morgan fingerprint density at radius 3 is 1.73 bits per heavy atom. The van der Waals surface area contributed by atoms with Crippen molar-refractivity contribution in [1.29, 1.82) is 0 Å². The lowest BCUT2D eigenvalue weighted by Gasteiger charge is -2.29. The average Bonchev–Trinajstić information content (AvgIpc) is 3.72. The quantitative estimate of drug-likeness (QED) is 0.150. The Morgan fingerprint density at radius 2 is 0.855 bits per heavy atom. The number of nitrogens with zero attached hydrogens (tertiary/aromatic N) is 1. The summed E-state index contributed by atoms with van der Waals surface area (Å²) in [4.78, 5) is 2.43. The van der Waals surface area contributed by atoms with Gasteiger partial charge in [-0.05, 0) is 126 Å². The molecule has 0 unspecified atom stereocenters. The van der Waals surface area contributed by atoms with Crippen LogP contribution in [0.1, 0.15) is 0 Å². The average molecular weight is 790 g/mol. The van der Waals surface area contributed by atoms with E-state index in [1.54, 1.807) is 0 Å². The van der Waals surface area contributed by atoms with Crippen LogP contribution >= 0.6 is 0 Å². The molecule has 0 atom stereocenters. The molecule has 0 saturated heterocycles. The Kier molecular flexibility index (Phi) is 8.53. The number of anilines is 3. The van der Waals surface area contributed by atoms with Crippen LogP contribution in [0.25, 0.3) is 98.8 Å². The third-order valence-electron chi connectivity index (χ3n) is 12.4. The molecule has 0 aliphatic rings. The molecule has 1 aromatic heterocycles. The molecule has 0 amide bonds. The van der Waals surface area contributed by atoms with Gasteiger partial charge in [0, 0.05) is 27.7 Å². The maximum absolute atomic E-state index is 6.22. The van der Waals surface area contributed by atoms with E-state index in [1.807, 2.05) is 12.1 Å². The Bertz CT molecular complexity index is 3630. The summed E-state index contributed by atoms with van der Waals surface area (Å²) in [6, 6.07) is 85.8. The molecule has 12 rings (SSSR count). The largest absolute Gasteiger partial charge is 0.456 e. The van der Waals surface area contributed by atoms with E-state index in [-0.39, 0.29) is 0 Å². The maximum atomic E-state index is 6.22. The van der Waals surface area contributed by atoms with Gasteiger partial charge in [-0.2, -0.15) is 0 Å². The van der Waals surface area contributed by atoms with Crippen molar-refractivity contribution < 1.29 is 4.42 Å². The van der Waals surface area contributed by atoms with E-state index in [4.69, 9.17) is 4.42 Å². The second-order valence-corrected chi connectivity index (χ2v) is 16.1. The highest BCUT2D eigenvalue weighted by Crippen LogP contribution is 2.45. The molecule has 0 aliphatic carbocycles. The molecule has 0 aliphatic heterocycles. The van der Waals surface area contributed by atoms with E-state index in [1.165, 1.54) is 49.0 Å². The van der Waals surface area contributed by atoms with E-state index in [2.05, 4.69) is 229 Å². The SMILES string of the molecule is c1ccc(-c2ccc(-c3cccc4ccccc34)cc2N(c2ccc(-c3ccc4c(ccc5ccccc54)c3)cc2)c2cccc(-c3ccc4oc5ccccc5c4c3)c2)cc1. The Balaban J connectivity index is 1.04. The molecule has 2 nitrogen and oxygen atoms in total. The van der Waals surface area contributed by atoms with Crippen LogP contribution in [0.3, 0.4) is 0 Å². The summed E-state index contributed by atoms with van der Waals surface area (Å²) in [5, 5.41) is 9.75. The van der Waals surface area contributed by atoms with Gasteiger partial charge >= 0.3 is 0 Å². The number of para-hydroxylation sites is 1. The maximum Gasteiger partial charge on any atom is 0.135 e. The molecule has 290 valence electrons. The number of hydrogen-bond donors (Lipinski definition) is 0. The van der Waals surface area contributed by atoms with Gasteiger partial charge in [-0.3, -0.25) is 0 Å². The molecule has 1 heterocycles. The van der Waals surface area contributed by atoms with Gasteiger partial charge in [-0.25, -0.2) is 0 Å². The van der Waals surface area contributed by atoms with Gasteiger partial charge in [-0.1, -0.05) is 182 Å². The van der Waals surface area contributed by atoms with Crippen LogP contribution in [0.4, 0.5) is 17.1 Å². The molecule has 0 fully saturated rings. The van der Waals surface area contributed by atoms with E-state index >= 15 is 0 Å². The van der Waals surface area contributed by atoms with Crippen molar-refractivity contribution in [3.8, 4) is 44.5 Å². The molecular formula is C60H39NO. The highest BCUT2D eigenvalue weighted by molar-refractivity contribution is 6.09. The van der Waals surface area contributed by atoms with Crippen molar-refractivity contribution in [2.75, 3.05) is 4.90 Å². The first-order valence-corrected chi connectivity index (χ1v) is 21.2. The molecular weight excluding hydrogens is 751 g/mol. The molecule has 0 spiro atoms. The van der Waals surface area contributed by atoms with Crippen molar-refractivity contribution in [3.05, 3.63) is 237 Å². The summed E-state index contributed by atoms with van der Waals surface area (Å²) in [6.07, 6.45) is 0. The minimum Gasteiger partial charge on any atom is -0.456 e. The third kappa shape index (κ3) is 6.20. The van der Waals surface area contributed by atoms with Gasteiger partial charge in [0.25, 0.3) is 0 Å². The van der Waals surface area contributed by atoms with Crippen molar-refractivity contribution in [3.63, 3.8) is 0 Å². The molecule has 0 saturated carbocycles. The van der Waals surface area contributed by atoms with Crippen molar-refractivity contribution in [2.24, 2.45) is 0 Å². The molecule has 0 radical (unpaired) electrons. The van der Waals surface area contributed by atoms with Crippen LogP contribution in [0.2, 0.25) is 0 Å². The number of hydrogen-bond acceptors (Lipinski definition) is 2. The zero-order chi connectivity index (χ0) is 41.0. The molecule has 0 bridgehead atoms. The summed E-state index contributed by atoms with van der Waals surface area (Å²) in [5.41, 5.74) is 14.3. The number of benzene rings is 11. The zero-order valence-corrected chi connectivity index (χ0v) is 33.9. The second-order valence-electron chi connectivity index (χ2n) is 16.1. The summed E-state index contributed by atoms with van der Waals surface area (Å²) in [5.74, 6) is 0. The Morgan fingerprint density at radius 1 is 0.258 bits per heavy atom. The molecule has 12 aromatic rings. The van der Waals surface area contributed by atoms with E-state index < -0.39 is 0 Å². The van der Waals surface area contributed by atoms with Gasteiger partial charge < -0.3 is 9.32 Å². The summed E-state index contributed by atoms with van der Waals surface area (Å²) in [7, 11) is 0. The number of furan rings is 1. The van der Waals surface area contributed by atoms with Crippen molar-refractivity contribution in [2.45, 2.75) is 0 Å². The number of fused-ring (bicyclic) bond motifs is 7. The van der Waals surface area contributed by atoms with Crippen LogP contribution in [0.15, 0.2) is 241 Å². The molecule has 11 aromatic carbocycles. The van der Waals surface area contributed by atoms with Crippen LogP contribution in [0, 0.1) is 0 Å². The summed E-state index contributed by atoms with van der Waals surface area (Å²) in [6.45, 7) is 0. The predicted octanol–water partition coefficient (Wildman–Crippen LogP) is 17.2. The lowest BCUT2D eigenvalue weighted by molar-refractivity contribution is 0.669. The van der Waals surface area contributed by atoms with Crippen molar-refractivity contribution >= 4 is 71.3 Å². The predicted molar refractivity (Wildman–Crippen MR) is 263 cm³/mol. The topological polar surface area (TPSA) is 16.4 Å². The highest BCUT2D eigenvalue weighted by atomic mass is 16.3. The summed E-state index contributed by atoms with van der Waals surface area (Å²) >= 11 is 0. The second kappa shape index (κ2) is 14.8. The first-order valence-electron chi connectivity index (χ1n) is 21.2. The first kappa shape index (κ1) is 35.7. The van der Waals surface area contributed by atoms with Gasteiger partial charge in [-0.15, -0.1) is 0 Å². The van der Waals surface area contributed by atoms with Crippen LogP contribution < -0.4 is 4.90 Å². The Hall–Kier alpha value is -8.20.